The molecule has 0 rings (SSSR count). The van der Waals surface area contributed by atoms with Gasteiger partial charge < -0.3 is 0 Å². The van der Waals surface area contributed by atoms with E-state index in [2.05, 4.69) is 0 Å². The van der Waals surface area contributed by atoms with Gasteiger partial charge in [-0.1, -0.05) is 0 Å². The van der Waals surface area contributed by atoms with E-state index in [1.165, 1.54) is 0 Å². The van der Waals surface area contributed by atoms with Crippen molar-refractivity contribution in [1.29, 1.82) is 0 Å². The summed E-state index contributed by atoms with van der Waals surface area (Å²) in [5.41, 5.74) is 0. The minimum atomic E-state index is 0. The molecule has 0 spiro atoms. The molecular weight excluding hydrogens is 559 g/mol. The summed E-state index contributed by atoms with van der Waals surface area (Å²) in [6, 6.07) is 0. The van der Waals surface area contributed by atoms with Gasteiger partial charge in [0.25, 0.3) is 0 Å². The van der Waals surface area contributed by atoms with Gasteiger partial charge >= 0.3 is 90.9 Å². The van der Waals surface area contributed by atoms with Gasteiger partial charge in [0.1, 0.15) is 0 Å². The molecule has 0 bridgehead atoms. The van der Waals surface area contributed by atoms with Crippen LogP contribution >= 0.6 is 0 Å². The van der Waals surface area contributed by atoms with Crippen LogP contribution in [0.1, 0.15) is 0 Å². The van der Waals surface area contributed by atoms with Gasteiger partial charge in [0.2, 0.25) is 0 Å². The fourth-order valence-corrected chi connectivity index (χ4v) is 0. The van der Waals surface area contributed by atoms with Gasteiger partial charge in [-0.05, 0) is 0 Å². The summed E-state index contributed by atoms with van der Waals surface area (Å²) in [5.74, 6) is 0. The van der Waals surface area contributed by atoms with Crippen LogP contribution in [0.15, 0.2) is 0 Å². The zero-order valence-corrected chi connectivity index (χ0v) is 12.4. The van der Waals surface area contributed by atoms with E-state index >= 15 is 0 Å². The van der Waals surface area contributed by atoms with E-state index in [-0.39, 0.29) is 90.9 Å². The molecule has 4 heteroatoms. The van der Waals surface area contributed by atoms with Crippen LogP contribution < -0.4 is 0 Å². The Hall–Kier alpha value is 2.98. The maximum absolute atomic E-state index is 0. The molecule has 0 saturated carbocycles. The maximum atomic E-state index is 0. The van der Waals surface area contributed by atoms with E-state index in [4.69, 9.17) is 0 Å². The third-order valence-electron chi connectivity index (χ3n) is 0. The molecule has 0 aromatic rings. The Balaban J connectivity index is 0. The molecule has 2 radical (unpaired) electrons. The predicted molar refractivity (Wildman–Crippen MR) is 39.8 cm³/mol. The van der Waals surface area contributed by atoms with E-state index in [1.54, 1.807) is 0 Å². The van der Waals surface area contributed by atoms with Crippen molar-refractivity contribution in [2.75, 3.05) is 0 Å². The van der Waals surface area contributed by atoms with Gasteiger partial charge in [0, 0.05) is 0 Å². The van der Waals surface area contributed by atoms with Gasteiger partial charge in [-0.2, -0.15) is 0 Å². The first-order chi connectivity index (χ1) is 0. The van der Waals surface area contributed by atoms with Gasteiger partial charge in [0.05, 0.1) is 0 Å². The van der Waals surface area contributed by atoms with Crippen molar-refractivity contribution in [3.8, 4) is 0 Å². The van der Waals surface area contributed by atoms with Crippen molar-refractivity contribution in [2.45, 2.75) is 0 Å². The molecule has 4 heavy (non-hydrogen) atoms. The second-order valence-electron chi connectivity index (χ2n) is 0. The Morgan fingerprint density at radius 2 is 1.00 bits per heavy atom. The van der Waals surface area contributed by atoms with Gasteiger partial charge in [-0.15, -0.1) is 0 Å². The molecule has 0 amide bonds. The fourth-order valence-electron chi connectivity index (χ4n) is 0. The van der Waals surface area contributed by atoms with Crippen LogP contribution in [0.2, 0.25) is 0 Å². The van der Waals surface area contributed by atoms with Crippen molar-refractivity contribution in [3.05, 3.63) is 0 Å². The summed E-state index contributed by atoms with van der Waals surface area (Å²) in [5, 5.41) is 0. The van der Waals surface area contributed by atoms with Crippen molar-refractivity contribution in [2.24, 2.45) is 0 Å². The molecule has 0 aliphatic carbocycles. The molecule has 0 saturated heterocycles. The van der Waals surface area contributed by atoms with Gasteiger partial charge in [-0.25, -0.2) is 0 Å². The van der Waals surface area contributed by atoms with E-state index in [9.17, 15) is 0 Å². The van der Waals surface area contributed by atoms with Crippen LogP contribution in [-0.4, -0.2) is 90.9 Å². The average Bonchev–Trinajstić information content (AvgIpc) is 0. The molecule has 0 N–H and O–H groups in total. The summed E-state index contributed by atoms with van der Waals surface area (Å²) in [6.45, 7) is 0. The molecule has 0 atom stereocenters. The Labute approximate surface area is 89.2 Å². The summed E-state index contributed by atoms with van der Waals surface area (Å²) in [4.78, 5) is 0. The van der Waals surface area contributed by atoms with E-state index in [1.807, 2.05) is 0 Å². The molecule has 0 nitrogen and oxygen atoms in total. The zero-order valence-electron chi connectivity index (χ0n) is 1.41. The molecule has 0 fully saturated rings. The quantitative estimate of drug-likeness (QED) is 0.257. The molecule has 0 aliphatic rings. The van der Waals surface area contributed by atoms with Crippen LogP contribution in [0.4, 0.5) is 0 Å². The molecule has 0 heterocycles. The van der Waals surface area contributed by atoms with Gasteiger partial charge in [0.15, 0.2) is 0 Å². The second-order valence-corrected chi connectivity index (χ2v) is 0. The van der Waals surface area contributed by atoms with Gasteiger partial charge in [-0.3, -0.25) is 0 Å². The molecule has 0 aromatic heterocycles. The van der Waals surface area contributed by atoms with Crippen molar-refractivity contribution >= 4 is 90.9 Å². The average molecular weight is 571 g/mol. The number of hydrogen-bond acceptors (Lipinski definition) is 0. The van der Waals surface area contributed by atoms with E-state index in [0.29, 0.717) is 0 Å². The van der Waals surface area contributed by atoms with Crippen molar-refractivity contribution < 1.29 is 0 Å². The molecule has 0 aliphatic heterocycles. The topological polar surface area (TPSA) is 0 Å². The predicted octanol–water partition coefficient (Wildman–Crippen LogP) is -4.74. The minimum absolute atomic E-state index is 0. The fraction of sp³-hybridized carbons (Fsp3) is 0. The third kappa shape index (κ3) is 8.88. The van der Waals surface area contributed by atoms with Crippen LogP contribution in [-0.2, 0) is 0 Å². The summed E-state index contributed by atoms with van der Waals surface area (Å²) >= 11 is 0. The monoisotopic (exact) mass is 572 g/mol. The van der Waals surface area contributed by atoms with E-state index < -0.39 is 0 Å². The standard InChI is InChI=1S/Bi.Ga.GeH4.Pb.8H/h;;1H4;;;;;;;;;. The normalized spacial score (nSPS) is 0. The van der Waals surface area contributed by atoms with Crippen LogP contribution in [0.3, 0.4) is 0 Å². The molecule has 0 aromatic carbocycles. The van der Waals surface area contributed by atoms with Crippen molar-refractivity contribution in [3.63, 3.8) is 0 Å². The third-order valence-corrected chi connectivity index (χ3v) is 0. The van der Waals surface area contributed by atoms with Crippen molar-refractivity contribution in [1.82, 2.24) is 0 Å². The zero-order chi connectivity index (χ0) is 0. The Bertz CT molecular complexity index is 8.00. The SMILES string of the molecule is [BiH3].[GaH3].[GeH4].[PbH2]. The summed E-state index contributed by atoms with van der Waals surface area (Å²) in [6.07, 6.45) is 0. The molecule has 0 unspecified atom stereocenters. The Morgan fingerprint density at radius 1 is 1.00 bits per heavy atom. The second kappa shape index (κ2) is 16.7. The first kappa shape index (κ1) is 28.1. The van der Waals surface area contributed by atoms with Crippen LogP contribution in [0.25, 0.3) is 0 Å². The summed E-state index contributed by atoms with van der Waals surface area (Å²) in [7, 11) is 0. The first-order valence-electron chi connectivity index (χ1n) is 0. The van der Waals surface area contributed by atoms with Crippen LogP contribution in [0.5, 0.6) is 0 Å². The molecule has 28 valence electrons. The summed E-state index contributed by atoms with van der Waals surface area (Å²) < 4.78 is 0. The molecular formula is H12BiGaGePb. The van der Waals surface area contributed by atoms with E-state index in [0.717, 1.165) is 0 Å². The first-order valence-corrected chi connectivity index (χ1v) is 0. The number of hydrogen-bond donors (Lipinski definition) is 0. The Morgan fingerprint density at radius 3 is 1.00 bits per heavy atom. The Kier molecular flexibility index (Phi) is 117. The number of rotatable bonds is 0. The van der Waals surface area contributed by atoms with Crippen LogP contribution in [0, 0.1) is 0 Å².